The predicted molar refractivity (Wildman–Crippen MR) is 202 cm³/mol. The lowest BCUT2D eigenvalue weighted by molar-refractivity contribution is -0.255. The molecular formula is C42H58N2O8. The van der Waals surface area contributed by atoms with E-state index in [2.05, 4.69) is 43.8 Å². The van der Waals surface area contributed by atoms with Gasteiger partial charge in [-0.05, 0) is 112 Å². The molecule has 10 nitrogen and oxygen atoms in total. The van der Waals surface area contributed by atoms with Gasteiger partial charge in [-0.2, -0.15) is 0 Å². The van der Waals surface area contributed by atoms with Gasteiger partial charge in [0.25, 0.3) is 0 Å². The van der Waals surface area contributed by atoms with E-state index >= 15 is 0 Å². The molecule has 0 saturated heterocycles. The summed E-state index contributed by atoms with van der Waals surface area (Å²) in [5, 5.41) is 24.2. The molecule has 2 N–H and O–H groups in total. The number of fused-ring (bicyclic) bond motifs is 2. The van der Waals surface area contributed by atoms with Gasteiger partial charge in [-0.25, -0.2) is 4.79 Å². The van der Waals surface area contributed by atoms with Crippen LogP contribution in [0, 0.1) is 31.6 Å². The normalized spacial score (nSPS) is 25.3. The highest BCUT2D eigenvalue weighted by Crippen LogP contribution is 2.62. The number of hydrogen-bond donors (Lipinski definition) is 2. The quantitative estimate of drug-likeness (QED) is 0.0899. The minimum Gasteiger partial charge on any atom is -0.459 e. The second-order valence-electron chi connectivity index (χ2n) is 14.2. The van der Waals surface area contributed by atoms with Crippen molar-refractivity contribution < 1.29 is 38.8 Å². The monoisotopic (exact) mass is 718 g/mol. The highest BCUT2D eigenvalue weighted by molar-refractivity contribution is 6.02. The van der Waals surface area contributed by atoms with Crippen molar-refractivity contribution in [2.45, 2.75) is 96.8 Å². The van der Waals surface area contributed by atoms with Crippen LogP contribution in [0.3, 0.4) is 0 Å². The van der Waals surface area contributed by atoms with E-state index in [1.54, 1.807) is 18.1 Å². The largest absolute Gasteiger partial charge is 0.459 e. The summed E-state index contributed by atoms with van der Waals surface area (Å²) in [6, 6.07) is 11.5. The molecule has 1 aliphatic heterocycles. The van der Waals surface area contributed by atoms with Crippen LogP contribution in [0.5, 0.6) is 17.2 Å². The molecule has 6 atom stereocenters. The maximum Gasteiger partial charge on any atom is 0.410 e. The number of amides is 1. The summed E-state index contributed by atoms with van der Waals surface area (Å²) in [7, 11) is 1.55. The molecule has 5 rings (SSSR count). The standard InChI is InChI=1S/C42H58N2O8/c1-7-20-44(41(47)49-9-3)38-27-36(43-48-6)34-25-30(14-10-12-21-45)33(15-11-13-22-46)39-35-26-32(51-31-17-16-28(4)29(5)24-31)18-19-37(35)52-42(38,40(34)39)50-23-8-2/h8,16-19,24-26,30,33,38-40,45-46H,2,7,9-15,20-23,27H2,1,3-6H3/t30-,33+,38-,39+,40+,42+/m0/s1. The van der Waals surface area contributed by atoms with E-state index in [0.717, 1.165) is 53.8 Å². The van der Waals surface area contributed by atoms with Crippen molar-refractivity contribution in [2.75, 3.05) is 40.1 Å². The van der Waals surface area contributed by atoms with Gasteiger partial charge >= 0.3 is 6.09 Å². The van der Waals surface area contributed by atoms with Crippen LogP contribution in [-0.4, -0.2) is 78.8 Å². The molecule has 2 aliphatic carbocycles. The van der Waals surface area contributed by atoms with Crippen LogP contribution in [0.25, 0.3) is 0 Å². The molecule has 0 radical (unpaired) electrons. The number of aryl methyl sites for hydroxylation is 2. The zero-order valence-electron chi connectivity index (χ0n) is 31.6. The number of carbonyl (C=O) groups is 1. The zero-order chi connectivity index (χ0) is 37.3. The minimum atomic E-state index is -1.31. The third-order valence-corrected chi connectivity index (χ3v) is 10.9. The summed E-state index contributed by atoms with van der Waals surface area (Å²) in [6.45, 7) is 13.1. The van der Waals surface area contributed by atoms with Gasteiger partial charge in [-0.3, -0.25) is 4.90 Å². The summed E-state index contributed by atoms with van der Waals surface area (Å²) in [5.74, 6) is 0.567. The van der Waals surface area contributed by atoms with Crippen LogP contribution in [0.2, 0.25) is 0 Å². The molecule has 3 aliphatic rings. The van der Waals surface area contributed by atoms with Gasteiger partial charge in [0.1, 0.15) is 30.4 Å². The second kappa shape index (κ2) is 18.3. The number of aliphatic hydroxyl groups is 2. The van der Waals surface area contributed by atoms with Crippen molar-refractivity contribution in [1.82, 2.24) is 4.90 Å². The minimum absolute atomic E-state index is 0.120. The van der Waals surface area contributed by atoms with Gasteiger partial charge in [-0.15, -0.1) is 6.58 Å². The van der Waals surface area contributed by atoms with E-state index in [9.17, 15) is 15.0 Å². The topological polar surface area (TPSA) is 119 Å². The zero-order valence-corrected chi connectivity index (χ0v) is 31.6. The molecule has 2 aromatic carbocycles. The molecule has 0 bridgehead atoms. The molecule has 1 fully saturated rings. The molecule has 52 heavy (non-hydrogen) atoms. The van der Waals surface area contributed by atoms with Gasteiger partial charge in [0.15, 0.2) is 0 Å². The maximum absolute atomic E-state index is 13.8. The average molecular weight is 719 g/mol. The van der Waals surface area contributed by atoms with Gasteiger partial charge in [0.2, 0.25) is 5.79 Å². The number of ether oxygens (including phenoxy) is 4. The van der Waals surface area contributed by atoms with Crippen molar-refractivity contribution in [3.8, 4) is 17.2 Å². The Balaban J connectivity index is 1.76. The van der Waals surface area contributed by atoms with Crippen molar-refractivity contribution in [1.29, 1.82) is 0 Å². The number of hydrogen-bond acceptors (Lipinski definition) is 9. The molecule has 284 valence electrons. The molecule has 1 saturated carbocycles. The van der Waals surface area contributed by atoms with Crippen LogP contribution in [0.1, 0.15) is 87.8 Å². The first-order valence-corrected chi connectivity index (χ1v) is 19.1. The number of nitrogens with zero attached hydrogens (tertiary/aromatic N) is 2. The van der Waals surface area contributed by atoms with E-state index in [0.29, 0.717) is 43.7 Å². The lowest BCUT2D eigenvalue weighted by atomic mass is 9.55. The third-order valence-electron chi connectivity index (χ3n) is 10.9. The molecule has 0 spiro atoms. The highest BCUT2D eigenvalue weighted by atomic mass is 16.7. The number of carbonyl (C=O) groups excluding carboxylic acids is 1. The molecule has 2 aromatic rings. The number of benzene rings is 2. The van der Waals surface area contributed by atoms with Crippen molar-refractivity contribution in [3.05, 3.63) is 77.4 Å². The van der Waals surface area contributed by atoms with Crippen molar-refractivity contribution >= 4 is 11.8 Å². The van der Waals surface area contributed by atoms with Crippen molar-refractivity contribution in [2.24, 2.45) is 22.9 Å². The summed E-state index contributed by atoms with van der Waals surface area (Å²) in [5.41, 5.74) is 5.09. The van der Waals surface area contributed by atoms with Gasteiger partial charge in [0, 0.05) is 37.7 Å². The number of oxime groups is 1. The Hall–Kier alpha value is -3.86. The lowest BCUT2D eigenvalue weighted by Crippen LogP contribution is -2.70. The van der Waals surface area contributed by atoms with E-state index in [-0.39, 0.29) is 50.1 Å². The van der Waals surface area contributed by atoms with Crippen LogP contribution in [-0.2, 0) is 14.3 Å². The number of unbranched alkanes of at least 4 members (excludes halogenated alkanes) is 2. The van der Waals surface area contributed by atoms with E-state index in [1.807, 2.05) is 38.1 Å². The summed E-state index contributed by atoms with van der Waals surface area (Å²) in [6.07, 6.45) is 9.49. The van der Waals surface area contributed by atoms with Crippen LogP contribution in [0.4, 0.5) is 4.79 Å². The maximum atomic E-state index is 13.8. The van der Waals surface area contributed by atoms with Crippen molar-refractivity contribution in [3.63, 3.8) is 0 Å². The van der Waals surface area contributed by atoms with Crippen LogP contribution in [0.15, 0.2) is 65.9 Å². The molecule has 1 heterocycles. The Morgan fingerprint density at radius 2 is 1.77 bits per heavy atom. The number of rotatable bonds is 18. The molecular weight excluding hydrogens is 660 g/mol. The SMILES string of the molecule is C=CCO[C@@]12Oc3ccc(Oc4ccc(C)c(C)c4)cc3[C@H]3[C@H](CCCCO)[C@@H](CCCCO)C=C(C(=NOC)C[C@@H]1N(CCC)C(=O)OCC)[C@H]32. The second-order valence-corrected chi connectivity index (χ2v) is 14.2. The predicted octanol–water partition coefficient (Wildman–Crippen LogP) is 8.23. The van der Waals surface area contributed by atoms with Gasteiger partial charge < -0.3 is 34.0 Å². The summed E-state index contributed by atoms with van der Waals surface area (Å²) in [4.78, 5) is 21.1. The summed E-state index contributed by atoms with van der Waals surface area (Å²) >= 11 is 0. The molecule has 10 heteroatoms. The fraction of sp³-hybridized carbons (Fsp3) is 0.571. The molecule has 0 unspecified atom stereocenters. The Bertz CT molecular complexity index is 1590. The smallest absolute Gasteiger partial charge is 0.410 e. The van der Waals surface area contributed by atoms with E-state index < -0.39 is 17.9 Å². The van der Waals surface area contributed by atoms with E-state index in [1.165, 1.54) is 5.56 Å². The Labute approximate surface area is 309 Å². The first-order valence-electron chi connectivity index (χ1n) is 19.1. The lowest BCUT2D eigenvalue weighted by Gasteiger charge is -2.59. The molecule has 0 aromatic heterocycles. The highest BCUT2D eigenvalue weighted by Gasteiger charge is 2.65. The Kier molecular flexibility index (Phi) is 13.8. The van der Waals surface area contributed by atoms with Crippen LogP contribution >= 0.6 is 0 Å². The van der Waals surface area contributed by atoms with E-state index in [4.69, 9.17) is 23.8 Å². The van der Waals surface area contributed by atoms with Gasteiger partial charge in [-0.1, -0.05) is 43.1 Å². The first kappa shape index (κ1) is 39.3. The molecule has 1 amide bonds. The Morgan fingerprint density at radius 3 is 2.44 bits per heavy atom. The number of aliphatic hydroxyl groups excluding tert-OH is 2. The average Bonchev–Trinajstić information content (AvgIpc) is 3.13. The number of allylic oxidation sites excluding steroid dienone is 1. The summed E-state index contributed by atoms with van der Waals surface area (Å²) < 4.78 is 26.3. The Morgan fingerprint density at radius 1 is 1.04 bits per heavy atom. The van der Waals surface area contributed by atoms with Crippen LogP contribution < -0.4 is 9.47 Å². The van der Waals surface area contributed by atoms with Gasteiger partial charge in [0.05, 0.1) is 24.8 Å². The first-order chi connectivity index (χ1) is 25.3. The fourth-order valence-corrected chi connectivity index (χ4v) is 8.56. The third kappa shape index (κ3) is 8.19. The fourth-order valence-electron chi connectivity index (χ4n) is 8.56.